The second kappa shape index (κ2) is 7.49. The molecule has 16 heavy (non-hydrogen) atoms. The van der Waals surface area contributed by atoms with Crippen molar-refractivity contribution in [2.45, 2.75) is 65.7 Å². The van der Waals surface area contributed by atoms with Gasteiger partial charge in [-0.25, -0.2) is 0 Å². The molecule has 0 atom stereocenters. The van der Waals surface area contributed by atoms with Gasteiger partial charge in [-0.2, -0.15) is 0 Å². The van der Waals surface area contributed by atoms with Gasteiger partial charge in [0.25, 0.3) is 0 Å². The first-order valence-corrected chi connectivity index (χ1v) is 6.92. The third kappa shape index (κ3) is 4.00. The minimum Gasteiger partial charge on any atom is -0.0654 e. The molecule has 0 aliphatic carbocycles. The van der Waals surface area contributed by atoms with E-state index in [0.29, 0.717) is 0 Å². The smallest absolute Gasteiger partial charge is 0.0276 e. The van der Waals surface area contributed by atoms with Crippen LogP contribution < -0.4 is 0 Å². The number of unbranched alkanes of at least 4 members (excludes halogenated alkanes) is 2. The van der Waals surface area contributed by atoms with Gasteiger partial charge in [0.15, 0.2) is 0 Å². The van der Waals surface area contributed by atoms with E-state index in [4.69, 9.17) is 0 Å². The molecule has 1 rings (SSSR count). The van der Waals surface area contributed by atoms with Crippen LogP contribution in [0.1, 0.15) is 63.1 Å². The molecule has 0 aromatic heterocycles. The Bertz CT molecular complexity index is 299. The van der Waals surface area contributed by atoms with Crippen molar-refractivity contribution in [3.05, 3.63) is 34.9 Å². The molecule has 0 heterocycles. The molecule has 0 fully saturated rings. The van der Waals surface area contributed by atoms with Gasteiger partial charge in [0.05, 0.1) is 0 Å². The Balaban J connectivity index is 2.71. The van der Waals surface area contributed by atoms with E-state index in [1.165, 1.54) is 50.5 Å². The van der Waals surface area contributed by atoms with Crippen LogP contribution in [0.15, 0.2) is 18.2 Å². The Kier molecular flexibility index (Phi) is 6.22. The Morgan fingerprint density at radius 1 is 0.812 bits per heavy atom. The Morgan fingerprint density at radius 2 is 1.50 bits per heavy atom. The molecule has 0 saturated carbocycles. The zero-order valence-electron chi connectivity index (χ0n) is 11.2. The Labute approximate surface area is 101 Å². The molecule has 0 amide bonds. The standard InChI is InChI=1S/C16H26/c1-4-7-9-14-11-12-16(10-8-5-2)15(6-3)13-14/h11-13H,4-10H2,1-3H3. The van der Waals surface area contributed by atoms with Crippen LogP contribution in [-0.2, 0) is 19.3 Å². The van der Waals surface area contributed by atoms with Crippen LogP contribution >= 0.6 is 0 Å². The minimum atomic E-state index is 1.18. The normalized spacial score (nSPS) is 10.7. The molecule has 1 aromatic rings. The van der Waals surface area contributed by atoms with Crippen LogP contribution in [0.5, 0.6) is 0 Å². The molecule has 0 saturated heterocycles. The minimum absolute atomic E-state index is 1.18. The molecule has 0 radical (unpaired) electrons. The third-order valence-electron chi connectivity index (χ3n) is 3.27. The summed E-state index contributed by atoms with van der Waals surface area (Å²) in [4.78, 5) is 0. The van der Waals surface area contributed by atoms with E-state index in [-0.39, 0.29) is 0 Å². The number of benzene rings is 1. The summed E-state index contributed by atoms with van der Waals surface area (Å²) in [5, 5.41) is 0. The molecule has 0 bridgehead atoms. The molecule has 0 N–H and O–H groups in total. The molecular weight excluding hydrogens is 192 g/mol. The van der Waals surface area contributed by atoms with Crippen molar-refractivity contribution >= 4 is 0 Å². The monoisotopic (exact) mass is 218 g/mol. The van der Waals surface area contributed by atoms with E-state index in [0.717, 1.165) is 0 Å². The van der Waals surface area contributed by atoms with Crippen molar-refractivity contribution in [1.29, 1.82) is 0 Å². The van der Waals surface area contributed by atoms with Gasteiger partial charge in [0.2, 0.25) is 0 Å². The van der Waals surface area contributed by atoms with Crippen molar-refractivity contribution in [3.63, 3.8) is 0 Å². The summed E-state index contributed by atoms with van der Waals surface area (Å²) < 4.78 is 0. The highest BCUT2D eigenvalue weighted by Crippen LogP contribution is 2.17. The topological polar surface area (TPSA) is 0 Å². The van der Waals surface area contributed by atoms with Crippen LogP contribution in [-0.4, -0.2) is 0 Å². The van der Waals surface area contributed by atoms with Gasteiger partial charge in [0.1, 0.15) is 0 Å². The van der Waals surface area contributed by atoms with Crippen molar-refractivity contribution in [2.24, 2.45) is 0 Å². The lowest BCUT2D eigenvalue weighted by Crippen LogP contribution is -1.96. The quantitative estimate of drug-likeness (QED) is 0.608. The van der Waals surface area contributed by atoms with E-state index in [1.54, 1.807) is 11.1 Å². The molecule has 0 aliphatic heterocycles. The van der Waals surface area contributed by atoms with Crippen LogP contribution in [0, 0.1) is 0 Å². The lowest BCUT2D eigenvalue weighted by molar-refractivity contribution is 0.778. The Hall–Kier alpha value is -0.780. The molecule has 1 aromatic carbocycles. The van der Waals surface area contributed by atoms with Gasteiger partial charge in [-0.05, 0) is 48.8 Å². The average Bonchev–Trinajstić information content (AvgIpc) is 2.34. The average molecular weight is 218 g/mol. The van der Waals surface area contributed by atoms with Gasteiger partial charge in [0, 0.05) is 0 Å². The van der Waals surface area contributed by atoms with Gasteiger partial charge >= 0.3 is 0 Å². The zero-order chi connectivity index (χ0) is 11.8. The molecule has 0 heteroatoms. The van der Waals surface area contributed by atoms with Crippen LogP contribution in [0.2, 0.25) is 0 Å². The number of hydrogen-bond acceptors (Lipinski definition) is 0. The van der Waals surface area contributed by atoms with Gasteiger partial charge < -0.3 is 0 Å². The Morgan fingerprint density at radius 3 is 2.12 bits per heavy atom. The van der Waals surface area contributed by atoms with E-state index >= 15 is 0 Å². The highest BCUT2D eigenvalue weighted by molar-refractivity contribution is 5.32. The summed E-state index contributed by atoms with van der Waals surface area (Å²) in [6.07, 6.45) is 8.91. The van der Waals surface area contributed by atoms with E-state index in [2.05, 4.69) is 39.0 Å². The summed E-state index contributed by atoms with van der Waals surface area (Å²) in [5.74, 6) is 0. The third-order valence-corrected chi connectivity index (χ3v) is 3.27. The first kappa shape index (κ1) is 13.3. The van der Waals surface area contributed by atoms with Gasteiger partial charge in [-0.15, -0.1) is 0 Å². The number of rotatable bonds is 7. The summed E-state index contributed by atoms with van der Waals surface area (Å²) in [6.45, 7) is 6.80. The molecule has 0 nitrogen and oxygen atoms in total. The van der Waals surface area contributed by atoms with Gasteiger partial charge in [-0.1, -0.05) is 51.8 Å². The molecule has 0 unspecified atom stereocenters. The van der Waals surface area contributed by atoms with E-state index < -0.39 is 0 Å². The molecular formula is C16H26. The zero-order valence-corrected chi connectivity index (χ0v) is 11.2. The highest BCUT2D eigenvalue weighted by Gasteiger charge is 2.02. The maximum atomic E-state index is 2.43. The largest absolute Gasteiger partial charge is 0.0654 e. The molecule has 0 aliphatic rings. The summed E-state index contributed by atoms with van der Waals surface area (Å²) in [6, 6.07) is 7.12. The van der Waals surface area contributed by atoms with Crippen molar-refractivity contribution in [1.82, 2.24) is 0 Å². The second-order valence-electron chi connectivity index (χ2n) is 4.66. The lowest BCUT2D eigenvalue weighted by Gasteiger charge is -2.10. The fourth-order valence-electron chi connectivity index (χ4n) is 2.16. The predicted molar refractivity (Wildman–Crippen MR) is 73.0 cm³/mol. The van der Waals surface area contributed by atoms with Crippen molar-refractivity contribution in [2.75, 3.05) is 0 Å². The summed E-state index contributed by atoms with van der Waals surface area (Å²) in [5.41, 5.74) is 4.67. The summed E-state index contributed by atoms with van der Waals surface area (Å²) in [7, 11) is 0. The van der Waals surface area contributed by atoms with Gasteiger partial charge in [-0.3, -0.25) is 0 Å². The molecule has 90 valence electrons. The fourth-order valence-corrected chi connectivity index (χ4v) is 2.16. The lowest BCUT2D eigenvalue weighted by atomic mass is 9.96. The van der Waals surface area contributed by atoms with E-state index in [9.17, 15) is 0 Å². The molecule has 0 spiro atoms. The first-order chi connectivity index (χ1) is 7.81. The van der Waals surface area contributed by atoms with Crippen LogP contribution in [0.3, 0.4) is 0 Å². The first-order valence-electron chi connectivity index (χ1n) is 6.92. The second-order valence-corrected chi connectivity index (χ2v) is 4.66. The number of aryl methyl sites for hydroxylation is 3. The van der Waals surface area contributed by atoms with Crippen molar-refractivity contribution < 1.29 is 0 Å². The predicted octanol–water partition coefficient (Wildman–Crippen LogP) is 4.93. The van der Waals surface area contributed by atoms with Crippen LogP contribution in [0.25, 0.3) is 0 Å². The van der Waals surface area contributed by atoms with Crippen molar-refractivity contribution in [3.8, 4) is 0 Å². The number of hydrogen-bond donors (Lipinski definition) is 0. The fraction of sp³-hybridized carbons (Fsp3) is 0.625. The maximum Gasteiger partial charge on any atom is -0.0276 e. The van der Waals surface area contributed by atoms with E-state index in [1.807, 2.05) is 0 Å². The highest BCUT2D eigenvalue weighted by atomic mass is 14.1. The SMILES string of the molecule is CCCCc1ccc(CCCC)c(CC)c1. The maximum absolute atomic E-state index is 2.43. The van der Waals surface area contributed by atoms with Crippen LogP contribution in [0.4, 0.5) is 0 Å². The summed E-state index contributed by atoms with van der Waals surface area (Å²) >= 11 is 0.